The summed E-state index contributed by atoms with van der Waals surface area (Å²) in [5.74, 6) is -0.721. The van der Waals surface area contributed by atoms with Crippen molar-refractivity contribution >= 4 is 5.97 Å². The number of carboxylic acids is 1. The maximum atomic E-state index is 15.3. The molecule has 0 saturated carbocycles. The van der Waals surface area contributed by atoms with Crippen LogP contribution in [0, 0.1) is 25.6 Å². The molecule has 1 aromatic heterocycles. The predicted molar refractivity (Wildman–Crippen MR) is 155 cm³/mol. The fourth-order valence-electron chi connectivity index (χ4n) is 6.35. The second kappa shape index (κ2) is 10.2. The lowest BCUT2D eigenvalue weighted by Gasteiger charge is -2.19. The van der Waals surface area contributed by atoms with E-state index in [1.807, 2.05) is 24.3 Å². The average molecular weight is 554 g/mol. The highest BCUT2D eigenvalue weighted by Crippen LogP contribution is 2.45. The van der Waals surface area contributed by atoms with Crippen LogP contribution < -0.4 is 15.0 Å². The number of benzene rings is 3. The van der Waals surface area contributed by atoms with E-state index < -0.39 is 18.0 Å². The molecular formula is C34H32FNO5. The first kappa shape index (κ1) is 26.8. The Balaban J connectivity index is 1.31. The second-order valence-electron chi connectivity index (χ2n) is 11.2. The Morgan fingerprint density at radius 3 is 2.54 bits per heavy atom. The van der Waals surface area contributed by atoms with Crippen LogP contribution in [0.4, 0.5) is 4.39 Å². The minimum Gasteiger partial charge on any atom is -0.492 e. The van der Waals surface area contributed by atoms with Crippen molar-refractivity contribution in [3.63, 3.8) is 0 Å². The molecule has 0 spiro atoms. The molecule has 0 fully saturated rings. The number of aryl methyl sites for hydroxylation is 3. The van der Waals surface area contributed by atoms with Gasteiger partial charge in [0.1, 0.15) is 23.4 Å². The van der Waals surface area contributed by atoms with Crippen LogP contribution in [0.2, 0.25) is 0 Å². The first-order valence-corrected chi connectivity index (χ1v) is 13.9. The van der Waals surface area contributed by atoms with Gasteiger partial charge in [-0.05, 0) is 83.8 Å². The van der Waals surface area contributed by atoms with Gasteiger partial charge in [0.2, 0.25) is 0 Å². The number of halogens is 1. The number of hydrogen-bond donors (Lipinski definition) is 1. The van der Waals surface area contributed by atoms with E-state index in [1.165, 1.54) is 6.07 Å². The van der Waals surface area contributed by atoms with Gasteiger partial charge in [0, 0.05) is 42.4 Å². The smallest absolute Gasteiger partial charge is 0.306 e. The van der Waals surface area contributed by atoms with Crippen molar-refractivity contribution in [2.75, 3.05) is 6.61 Å². The third-order valence-corrected chi connectivity index (χ3v) is 8.60. The van der Waals surface area contributed by atoms with Gasteiger partial charge >= 0.3 is 5.97 Å². The van der Waals surface area contributed by atoms with Crippen LogP contribution in [0.15, 0.2) is 65.6 Å². The summed E-state index contributed by atoms with van der Waals surface area (Å²) in [6, 6.07) is 16.6. The minimum atomic E-state index is -0.855. The molecule has 210 valence electrons. The topological polar surface area (TPSA) is 77.8 Å². The van der Waals surface area contributed by atoms with Crippen LogP contribution in [0.25, 0.3) is 22.3 Å². The first-order chi connectivity index (χ1) is 19.6. The zero-order valence-corrected chi connectivity index (χ0v) is 23.5. The molecular weight excluding hydrogens is 521 g/mol. The lowest BCUT2D eigenvalue weighted by molar-refractivity contribution is -0.142. The van der Waals surface area contributed by atoms with Crippen molar-refractivity contribution in [3.8, 4) is 33.8 Å². The van der Waals surface area contributed by atoms with Crippen LogP contribution in [0.3, 0.4) is 0 Å². The van der Waals surface area contributed by atoms with Crippen molar-refractivity contribution in [2.24, 2.45) is 13.0 Å². The van der Waals surface area contributed by atoms with E-state index in [0.717, 1.165) is 44.5 Å². The Morgan fingerprint density at radius 2 is 1.83 bits per heavy atom. The Morgan fingerprint density at radius 1 is 1.07 bits per heavy atom. The Hall–Kier alpha value is -4.39. The van der Waals surface area contributed by atoms with E-state index >= 15 is 4.39 Å². The molecule has 2 aliphatic rings. The number of carbonyl (C=O) groups is 1. The molecule has 3 unspecified atom stereocenters. The fourth-order valence-corrected chi connectivity index (χ4v) is 6.35. The molecule has 4 aromatic rings. The Bertz CT molecular complexity index is 1730. The standard InChI is InChI=1S/C34H32FNO5/c1-18-13-22(21-11-12-36(4)31(37)15-21)14-19(2)32(18)25-7-9-28(35)33-26(25)8-10-29(33)41-23-5-6-24-27(20(3)34(38)39)17-40-30(24)16-23/h5-7,9,11-16,20,27,29H,8,10,17H2,1-4H3,(H,38,39). The van der Waals surface area contributed by atoms with Crippen LogP contribution in [0.1, 0.15) is 53.2 Å². The zero-order chi connectivity index (χ0) is 29.0. The van der Waals surface area contributed by atoms with Gasteiger partial charge in [-0.25, -0.2) is 4.39 Å². The van der Waals surface area contributed by atoms with Crippen LogP contribution in [-0.2, 0) is 18.3 Å². The highest BCUT2D eigenvalue weighted by molar-refractivity contribution is 5.79. The van der Waals surface area contributed by atoms with Crippen LogP contribution >= 0.6 is 0 Å². The largest absolute Gasteiger partial charge is 0.492 e. The molecule has 7 heteroatoms. The fraction of sp³-hybridized carbons (Fsp3) is 0.294. The summed E-state index contributed by atoms with van der Waals surface area (Å²) in [7, 11) is 1.73. The number of ether oxygens (including phenoxy) is 2. The third-order valence-electron chi connectivity index (χ3n) is 8.60. The molecule has 0 amide bonds. The van der Waals surface area contributed by atoms with Crippen LogP contribution in [-0.4, -0.2) is 22.2 Å². The summed E-state index contributed by atoms with van der Waals surface area (Å²) in [6.07, 6.45) is 2.65. The van der Waals surface area contributed by atoms with Gasteiger partial charge < -0.3 is 19.1 Å². The van der Waals surface area contributed by atoms with E-state index in [4.69, 9.17) is 9.47 Å². The summed E-state index contributed by atoms with van der Waals surface area (Å²) in [4.78, 5) is 23.7. The van der Waals surface area contributed by atoms with Gasteiger partial charge in [0.15, 0.2) is 0 Å². The summed E-state index contributed by atoms with van der Waals surface area (Å²) in [5, 5.41) is 9.43. The van der Waals surface area contributed by atoms with E-state index in [-0.39, 0.29) is 17.3 Å². The van der Waals surface area contributed by atoms with Gasteiger partial charge in [0.25, 0.3) is 5.56 Å². The van der Waals surface area contributed by atoms with Crippen molar-refractivity contribution in [2.45, 2.75) is 45.6 Å². The molecule has 1 aliphatic heterocycles. The van der Waals surface area contributed by atoms with Gasteiger partial charge in [0.05, 0.1) is 12.5 Å². The first-order valence-electron chi connectivity index (χ1n) is 13.9. The summed E-state index contributed by atoms with van der Waals surface area (Å²) in [5.41, 5.74) is 8.35. The quantitative estimate of drug-likeness (QED) is 0.286. The molecule has 2 heterocycles. The highest BCUT2D eigenvalue weighted by atomic mass is 19.1. The summed E-state index contributed by atoms with van der Waals surface area (Å²) >= 11 is 0. The Kier molecular flexibility index (Phi) is 6.68. The maximum absolute atomic E-state index is 15.3. The van der Waals surface area contributed by atoms with Gasteiger partial charge in [-0.1, -0.05) is 31.2 Å². The molecule has 0 radical (unpaired) electrons. The minimum absolute atomic E-state index is 0.0613. The highest BCUT2D eigenvalue weighted by Gasteiger charge is 2.34. The molecule has 0 bridgehead atoms. The second-order valence-corrected chi connectivity index (χ2v) is 11.2. The number of aromatic nitrogens is 1. The van der Waals surface area contributed by atoms with Crippen molar-refractivity contribution in [1.82, 2.24) is 4.57 Å². The zero-order valence-electron chi connectivity index (χ0n) is 23.5. The van der Waals surface area contributed by atoms with Gasteiger partial charge in [-0.15, -0.1) is 0 Å². The monoisotopic (exact) mass is 553 g/mol. The SMILES string of the molecule is Cc1cc(-c2ccn(C)c(=O)c2)cc(C)c1-c1ccc(F)c2c1CCC2Oc1ccc2c(c1)OCC2C(C)C(=O)O. The molecule has 0 saturated heterocycles. The molecule has 1 aliphatic carbocycles. The number of rotatable bonds is 6. The van der Waals surface area contributed by atoms with Crippen molar-refractivity contribution < 1.29 is 23.8 Å². The lowest BCUT2D eigenvalue weighted by Crippen LogP contribution is -2.19. The molecule has 41 heavy (non-hydrogen) atoms. The number of fused-ring (bicyclic) bond motifs is 2. The molecule has 1 N–H and O–H groups in total. The molecule has 3 aromatic carbocycles. The number of aliphatic carboxylic acids is 1. The normalized spacial score (nSPS) is 18.0. The molecule has 6 nitrogen and oxygen atoms in total. The Labute approximate surface area is 238 Å². The van der Waals surface area contributed by atoms with Gasteiger partial charge in [-0.3, -0.25) is 9.59 Å². The summed E-state index contributed by atoms with van der Waals surface area (Å²) < 4.78 is 29.0. The third kappa shape index (κ3) is 4.69. The van der Waals surface area contributed by atoms with E-state index in [1.54, 1.807) is 36.9 Å². The van der Waals surface area contributed by atoms with E-state index in [9.17, 15) is 14.7 Å². The molecule has 6 rings (SSSR count). The van der Waals surface area contributed by atoms with E-state index in [0.29, 0.717) is 36.5 Å². The van der Waals surface area contributed by atoms with Crippen LogP contribution in [0.5, 0.6) is 11.5 Å². The number of pyridine rings is 1. The number of hydrogen-bond acceptors (Lipinski definition) is 4. The lowest BCUT2D eigenvalue weighted by atomic mass is 9.88. The van der Waals surface area contributed by atoms with Crippen molar-refractivity contribution in [3.05, 3.63) is 105 Å². The average Bonchev–Trinajstić information content (AvgIpc) is 3.55. The van der Waals surface area contributed by atoms with Gasteiger partial charge in [-0.2, -0.15) is 0 Å². The number of nitrogens with zero attached hydrogens (tertiary/aromatic N) is 1. The summed E-state index contributed by atoms with van der Waals surface area (Å²) in [6.45, 7) is 6.10. The van der Waals surface area contributed by atoms with Crippen molar-refractivity contribution in [1.29, 1.82) is 0 Å². The molecule has 3 atom stereocenters. The predicted octanol–water partition coefficient (Wildman–Crippen LogP) is 6.74. The maximum Gasteiger partial charge on any atom is 0.306 e. The number of carboxylic acid groups (broad SMARTS) is 1. The van der Waals surface area contributed by atoms with E-state index in [2.05, 4.69) is 26.0 Å².